The number of ether oxygens (including phenoxy) is 1. The van der Waals surface area contributed by atoms with Crippen LogP contribution in [0.5, 0.6) is 5.75 Å². The van der Waals surface area contributed by atoms with Gasteiger partial charge in [0.15, 0.2) is 0 Å². The lowest BCUT2D eigenvalue weighted by Crippen LogP contribution is -1.94. The summed E-state index contributed by atoms with van der Waals surface area (Å²) in [6, 6.07) is 14.3. The van der Waals surface area contributed by atoms with Gasteiger partial charge in [0.05, 0.1) is 0 Å². The summed E-state index contributed by atoms with van der Waals surface area (Å²) in [4.78, 5) is 0. The fourth-order valence-electron chi connectivity index (χ4n) is 1.59. The summed E-state index contributed by atoms with van der Waals surface area (Å²) in [7, 11) is 0. The predicted molar refractivity (Wildman–Crippen MR) is 67.5 cm³/mol. The van der Waals surface area contributed by atoms with Gasteiger partial charge in [-0.25, -0.2) is 4.39 Å². The maximum absolute atomic E-state index is 13.9. The normalized spacial score (nSPS) is 9.94. The molecule has 0 fully saturated rings. The molecule has 2 aromatic carbocycles. The molecule has 2 heteroatoms. The molecule has 0 radical (unpaired) electrons. The standard InChI is InChI=1S/C15H13FO/c1-2-10-17-13-8-9-14(15(16)11-13)12-6-4-3-5-7-12/h2-9,11H,1,10H2. The SMILES string of the molecule is C=CCOc1ccc(-c2ccccc2)c(F)c1. The van der Waals surface area contributed by atoms with Crippen molar-refractivity contribution in [1.29, 1.82) is 0 Å². The molecular formula is C15H13FO. The van der Waals surface area contributed by atoms with Gasteiger partial charge < -0.3 is 4.74 Å². The van der Waals surface area contributed by atoms with Crippen LogP contribution in [0.4, 0.5) is 4.39 Å². The van der Waals surface area contributed by atoms with E-state index in [0.717, 1.165) is 5.56 Å². The summed E-state index contributed by atoms with van der Waals surface area (Å²) < 4.78 is 19.1. The van der Waals surface area contributed by atoms with Crippen LogP contribution >= 0.6 is 0 Å². The third-order valence-electron chi connectivity index (χ3n) is 2.39. The van der Waals surface area contributed by atoms with E-state index in [-0.39, 0.29) is 5.82 Å². The molecular weight excluding hydrogens is 215 g/mol. The van der Waals surface area contributed by atoms with Gasteiger partial charge in [-0.05, 0) is 17.7 Å². The summed E-state index contributed by atoms with van der Waals surface area (Å²) in [6.07, 6.45) is 1.63. The van der Waals surface area contributed by atoms with Crippen molar-refractivity contribution in [1.82, 2.24) is 0 Å². The Bertz CT molecular complexity index is 506. The van der Waals surface area contributed by atoms with Crippen LogP contribution in [0.2, 0.25) is 0 Å². The number of hydrogen-bond donors (Lipinski definition) is 0. The topological polar surface area (TPSA) is 9.23 Å². The largest absolute Gasteiger partial charge is 0.489 e. The van der Waals surface area contributed by atoms with E-state index in [9.17, 15) is 4.39 Å². The molecule has 0 amide bonds. The lowest BCUT2D eigenvalue weighted by molar-refractivity contribution is 0.361. The molecule has 2 rings (SSSR count). The van der Waals surface area contributed by atoms with E-state index in [1.54, 1.807) is 18.2 Å². The Morgan fingerprint density at radius 3 is 2.53 bits per heavy atom. The van der Waals surface area contributed by atoms with E-state index < -0.39 is 0 Å². The van der Waals surface area contributed by atoms with Crippen molar-refractivity contribution in [3.05, 3.63) is 67.0 Å². The first-order valence-electron chi connectivity index (χ1n) is 5.40. The lowest BCUT2D eigenvalue weighted by atomic mass is 10.1. The summed E-state index contributed by atoms with van der Waals surface area (Å²) in [5, 5.41) is 0. The van der Waals surface area contributed by atoms with Crippen LogP contribution in [0.3, 0.4) is 0 Å². The van der Waals surface area contributed by atoms with Gasteiger partial charge in [-0.1, -0.05) is 43.0 Å². The maximum Gasteiger partial charge on any atom is 0.134 e. The lowest BCUT2D eigenvalue weighted by Gasteiger charge is -2.07. The molecule has 0 unspecified atom stereocenters. The Kier molecular flexibility index (Phi) is 3.55. The first-order chi connectivity index (χ1) is 8.31. The Morgan fingerprint density at radius 1 is 1.12 bits per heavy atom. The highest BCUT2D eigenvalue weighted by Gasteiger charge is 2.05. The maximum atomic E-state index is 13.9. The minimum atomic E-state index is -0.280. The molecule has 0 N–H and O–H groups in total. The van der Waals surface area contributed by atoms with Crippen LogP contribution in [0.15, 0.2) is 61.2 Å². The molecule has 1 nitrogen and oxygen atoms in total. The van der Waals surface area contributed by atoms with Crippen molar-refractivity contribution < 1.29 is 9.13 Å². The number of rotatable bonds is 4. The Morgan fingerprint density at radius 2 is 1.88 bits per heavy atom. The van der Waals surface area contributed by atoms with Crippen molar-refractivity contribution in [2.24, 2.45) is 0 Å². The van der Waals surface area contributed by atoms with Crippen LogP contribution in [0.25, 0.3) is 11.1 Å². The summed E-state index contributed by atoms with van der Waals surface area (Å²) in [5.74, 6) is 0.236. The molecule has 0 aliphatic carbocycles. The van der Waals surface area contributed by atoms with Crippen LogP contribution in [-0.2, 0) is 0 Å². The van der Waals surface area contributed by atoms with E-state index in [1.807, 2.05) is 30.3 Å². The smallest absolute Gasteiger partial charge is 0.134 e. The summed E-state index contributed by atoms with van der Waals surface area (Å²) in [6.45, 7) is 3.92. The van der Waals surface area contributed by atoms with Crippen molar-refractivity contribution in [2.45, 2.75) is 0 Å². The molecule has 0 heterocycles. The van der Waals surface area contributed by atoms with Crippen LogP contribution in [-0.4, -0.2) is 6.61 Å². The molecule has 0 saturated carbocycles. The highest BCUT2D eigenvalue weighted by atomic mass is 19.1. The van der Waals surface area contributed by atoms with Gasteiger partial charge in [0.2, 0.25) is 0 Å². The van der Waals surface area contributed by atoms with Gasteiger partial charge in [-0.2, -0.15) is 0 Å². The first kappa shape index (κ1) is 11.4. The van der Waals surface area contributed by atoms with Gasteiger partial charge >= 0.3 is 0 Å². The van der Waals surface area contributed by atoms with Gasteiger partial charge in [-0.3, -0.25) is 0 Å². The number of halogens is 1. The molecule has 0 aromatic heterocycles. The fourth-order valence-corrected chi connectivity index (χ4v) is 1.59. The van der Waals surface area contributed by atoms with E-state index in [4.69, 9.17) is 4.74 Å². The third-order valence-corrected chi connectivity index (χ3v) is 2.39. The molecule has 0 atom stereocenters. The quantitative estimate of drug-likeness (QED) is 0.717. The Hall–Kier alpha value is -2.09. The van der Waals surface area contributed by atoms with E-state index in [1.165, 1.54) is 6.07 Å². The fraction of sp³-hybridized carbons (Fsp3) is 0.0667. The molecule has 2 aromatic rings. The molecule has 0 bridgehead atoms. The minimum Gasteiger partial charge on any atom is -0.489 e. The number of hydrogen-bond acceptors (Lipinski definition) is 1. The second-order valence-electron chi connectivity index (χ2n) is 3.61. The average molecular weight is 228 g/mol. The highest BCUT2D eigenvalue weighted by molar-refractivity contribution is 5.64. The summed E-state index contributed by atoms with van der Waals surface area (Å²) in [5.41, 5.74) is 1.44. The monoisotopic (exact) mass is 228 g/mol. The molecule has 0 saturated heterocycles. The van der Waals surface area contributed by atoms with Crippen LogP contribution in [0.1, 0.15) is 0 Å². The van der Waals surface area contributed by atoms with Crippen LogP contribution < -0.4 is 4.74 Å². The van der Waals surface area contributed by atoms with E-state index in [2.05, 4.69) is 6.58 Å². The zero-order valence-corrected chi connectivity index (χ0v) is 9.40. The molecule has 17 heavy (non-hydrogen) atoms. The predicted octanol–water partition coefficient (Wildman–Crippen LogP) is 4.06. The van der Waals surface area contributed by atoms with Gasteiger partial charge in [0.1, 0.15) is 18.2 Å². The van der Waals surface area contributed by atoms with E-state index in [0.29, 0.717) is 17.9 Å². The van der Waals surface area contributed by atoms with Gasteiger partial charge in [-0.15, -0.1) is 0 Å². The molecule has 0 aliphatic rings. The van der Waals surface area contributed by atoms with Gasteiger partial charge in [0, 0.05) is 11.6 Å². The molecule has 0 spiro atoms. The number of benzene rings is 2. The molecule has 0 aliphatic heterocycles. The third kappa shape index (κ3) is 2.72. The van der Waals surface area contributed by atoms with Crippen molar-refractivity contribution >= 4 is 0 Å². The zero-order valence-electron chi connectivity index (χ0n) is 9.40. The first-order valence-corrected chi connectivity index (χ1v) is 5.40. The molecule has 86 valence electrons. The minimum absolute atomic E-state index is 0.280. The van der Waals surface area contributed by atoms with Gasteiger partial charge in [0.25, 0.3) is 0 Å². The Balaban J connectivity index is 2.29. The highest BCUT2D eigenvalue weighted by Crippen LogP contribution is 2.25. The summed E-state index contributed by atoms with van der Waals surface area (Å²) >= 11 is 0. The Labute approximate surface area is 100 Å². The van der Waals surface area contributed by atoms with Crippen molar-refractivity contribution in [2.75, 3.05) is 6.61 Å². The van der Waals surface area contributed by atoms with Crippen LogP contribution in [0, 0.1) is 5.82 Å². The zero-order chi connectivity index (χ0) is 12.1. The second kappa shape index (κ2) is 5.30. The van der Waals surface area contributed by atoms with Crippen molar-refractivity contribution in [3.8, 4) is 16.9 Å². The van der Waals surface area contributed by atoms with E-state index >= 15 is 0 Å². The van der Waals surface area contributed by atoms with Crippen molar-refractivity contribution in [3.63, 3.8) is 0 Å². The average Bonchev–Trinajstić information content (AvgIpc) is 2.37. The second-order valence-corrected chi connectivity index (χ2v) is 3.61.